The number of carbonyl (C=O) groups excluding carboxylic acids is 1. The molecule has 0 aliphatic heterocycles. The number of halogens is 1. The van der Waals surface area contributed by atoms with Gasteiger partial charge in [0, 0.05) is 24.7 Å². The van der Waals surface area contributed by atoms with E-state index in [0.29, 0.717) is 18.7 Å². The van der Waals surface area contributed by atoms with Gasteiger partial charge < -0.3 is 11.1 Å². The van der Waals surface area contributed by atoms with Crippen LogP contribution in [0.3, 0.4) is 0 Å². The summed E-state index contributed by atoms with van der Waals surface area (Å²) in [6, 6.07) is 6.44. The maximum Gasteiger partial charge on any atom is 0.234 e. The maximum atomic E-state index is 13.6. The summed E-state index contributed by atoms with van der Waals surface area (Å²) in [4.78, 5) is 13.3. The van der Waals surface area contributed by atoms with Gasteiger partial charge in [0.05, 0.1) is 6.54 Å². The summed E-state index contributed by atoms with van der Waals surface area (Å²) in [7, 11) is 1.79. The van der Waals surface area contributed by atoms with Gasteiger partial charge >= 0.3 is 0 Å². The molecule has 1 aromatic carbocycles. The highest BCUT2D eigenvalue weighted by Crippen LogP contribution is 2.20. The normalized spacial score (nSPS) is 12.5. The number of carbonyl (C=O) groups is 1. The highest BCUT2D eigenvalue weighted by molar-refractivity contribution is 5.78. The molecule has 0 spiro atoms. The van der Waals surface area contributed by atoms with Crippen LogP contribution in [0.5, 0.6) is 0 Å². The van der Waals surface area contributed by atoms with Gasteiger partial charge in [0.2, 0.25) is 5.91 Å². The van der Waals surface area contributed by atoms with E-state index in [0.717, 1.165) is 0 Å². The molecule has 0 bridgehead atoms. The third-order valence-electron chi connectivity index (χ3n) is 2.88. The number of hydrogen-bond donors (Lipinski definition) is 2. The summed E-state index contributed by atoms with van der Waals surface area (Å²) in [5.41, 5.74) is 5.89. The van der Waals surface area contributed by atoms with Crippen molar-refractivity contribution in [3.63, 3.8) is 0 Å². The zero-order valence-corrected chi connectivity index (χ0v) is 10.8. The summed E-state index contributed by atoms with van der Waals surface area (Å²) < 4.78 is 13.6. The van der Waals surface area contributed by atoms with Crippen molar-refractivity contribution in [2.24, 2.45) is 5.73 Å². The van der Waals surface area contributed by atoms with Crippen LogP contribution in [0.25, 0.3) is 0 Å². The predicted molar refractivity (Wildman–Crippen MR) is 69.5 cm³/mol. The molecule has 18 heavy (non-hydrogen) atoms. The van der Waals surface area contributed by atoms with E-state index < -0.39 is 0 Å². The van der Waals surface area contributed by atoms with E-state index in [1.165, 1.54) is 6.07 Å². The molecule has 3 N–H and O–H groups in total. The number of hydrogen-bond acceptors (Lipinski definition) is 3. The largest absolute Gasteiger partial charge is 0.354 e. The van der Waals surface area contributed by atoms with Crippen molar-refractivity contribution in [1.82, 2.24) is 10.2 Å². The number of likely N-dealkylation sites (N-methyl/N-ethyl adjacent to an activating group) is 1. The van der Waals surface area contributed by atoms with E-state index in [4.69, 9.17) is 5.73 Å². The molecule has 0 saturated carbocycles. The van der Waals surface area contributed by atoms with E-state index in [2.05, 4.69) is 5.32 Å². The average molecular weight is 253 g/mol. The number of amides is 1. The van der Waals surface area contributed by atoms with Crippen LogP contribution in [0.2, 0.25) is 0 Å². The van der Waals surface area contributed by atoms with Crippen molar-refractivity contribution >= 4 is 5.91 Å². The van der Waals surface area contributed by atoms with Crippen LogP contribution in [0.15, 0.2) is 24.3 Å². The lowest BCUT2D eigenvalue weighted by molar-refractivity contribution is -0.122. The third-order valence-corrected chi connectivity index (χ3v) is 2.88. The molecule has 0 saturated heterocycles. The van der Waals surface area contributed by atoms with Crippen molar-refractivity contribution < 1.29 is 9.18 Å². The molecule has 0 aliphatic rings. The lowest BCUT2D eigenvalue weighted by atomic mass is 10.1. The average Bonchev–Trinajstić information content (AvgIpc) is 2.36. The maximum absolute atomic E-state index is 13.6. The highest BCUT2D eigenvalue weighted by atomic mass is 19.1. The third kappa shape index (κ3) is 4.09. The van der Waals surface area contributed by atoms with Crippen molar-refractivity contribution in [2.75, 3.05) is 26.7 Å². The molecule has 0 radical (unpaired) electrons. The first-order chi connectivity index (χ1) is 8.56. The fraction of sp³-hybridized carbons (Fsp3) is 0.462. The summed E-state index contributed by atoms with van der Waals surface area (Å²) in [6.45, 7) is 2.96. The Labute approximate surface area is 107 Å². The van der Waals surface area contributed by atoms with E-state index in [-0.39, 0.29) is 24.3 Å². The van der Waals surface area contributed by atoms with Crippen LogP contribution in [0.1, 0.15) is 18.5 Å². The van der Waals surface area contributed by atoms with Crippen LogP contribution in [-0.4, -0.2) is 37.5 Å². The second-order valence-corrected chi connectivity index (χ2v) is 4.25. The van der Waals surface area contributed by atoms with Crippen molar-refractivity contribution in [1.29, 1.82) is 0 Å². The van der Waals surface area contributed by atoms with Crippen LogP contribution >= 0.6 is 0 Å². The Morgan fingerprint density at radius 2 is 2.17 bits per heavy atom. The van der Waals surface area contributed by atoms with E-state index >= 15 is 0 Å². The topological polar surface area (TPSA) is 58.4 Å². The zero-order chi connectivity index (χ0) is 13.5. The molecule has 1 unspecified atom stereocenters. The molecule has 100 valence electrons. The Kier molecular flexibility index (Phi) is 5.74. The quantitative estimate of drug-likeness (QED) is 0.791. The van der Waals surface area contributed by atoms with Gasteiger partial charge in [0.25, 0.3) is 0 Å². The van der Waals surface area contributed by atoms with Gasteiger partial charge in [-0.15, -0.1) is 0 Å². The second-order valence-electron chi connectivity index (χ2n) is 4.25. The molecular formula is C13H20FN3O. The van der Waals surface area contributed by atoms with E-state index in [1.807, 2.05) is 6.92 Å². The monoisotopic (exact) mass is 253 g/mol. The van der Waals surface area contributed by atoms with Gasteiger partial charge in [-0.2, -0.15) is 0 Å². The SMILES string of the molecule is CC(c1ccccc1F)N(C)CC(=O)NCCN. The molecule has 1 amide bonds. The number of nitrogens with zero attached hydrogens (tertiary/aromatic N) is 1. The van der Waals surface area contributed by atoms with Crippen LogP contribution in [0, 0.1) is 5.82 Å². The summed E-state index contributed by atoms with van der Waals surface area (Å²) in [5, 5.41) is 2.68. The molecular weight excluding hydrogens is 233 g/mol. The van der Waals surface area contributed by atoms with Gasteiger partial charge in [0.15, 0.2) is 0 Å². The zero-order valence-electron chi connectivity index (χ0n) is 10.8. The fourth-order valence-electron chi connectivity index (χ4n) is 1.68. The van der Waals surface area contributed by atoms with Crippen LogP contribution < -0.4 is 11.1 Å². The second kappa shape index (κ2) is 7.08. The van der Waals surface area contributed by atoms with Crippen molar-refractivity contribution in [2.45, 2.75) is 13.0 Å². The number of nitrogens with one attached hydrogen (secondary N) is 1. The predicted octanol–water partition coefficient (Wildman–Crippen LogP) is 0.893. The Morgan fingerprint density at radius 1 is 1.50 bits per heavy atom. The van der Waals surface area contributed by atoms with E-state index in [9.17, 15) is 9.18 Å². The smallest absolute Gasteiger partial charge is 0.234 e. The molecule has 1 aromatic rings. The van der Waals surface area contributed by atoms with Gasteiger partial charge in [-0.25, -0.2) is 4.39 Å². The highest BCUT2D eigenvalue weighted by Gasteiger charge is 2.17. The molecule has 1 rings (SSSR count). The Bertz CT molecular complexity index is 398. The molecule has 0 aliphatic carbocycles. The van der Waals surface area contributed by atoms with Crippen molar-refractivity contribution in [3.8, 4) is 0 Å². The summed E-state index contributed by atoms with van der Waals surface area (Å²) >= 11 is 0. The standard InChI is InChI=1S/C13H20FN3O/c1-10(11-5-3-4-6-12(11)14)17(2)9-13(18)16-8-7-15/h3-6,10H,7-9,15H2,1-2H3,(H,16,18). The number of nitrogens with two attached hydrogens (primary N) is 1. The number of rotatable bonds is 6. The first kappa shape index (κ1) is 14.6. The van der Waals surface area contributed by atoms with Gasteiger partial charge in [-0.05, 0) is 20.0 Å². The lowest BCUT2D eigenvalue weighted by Gasteiger charge is -2.24. The Morgan fingerprint density at radius 3 is 2.78 bits per heavy atom. The number of benzene rings is 1. The summed E-state index contributed by atoms with van der Waals surface area (Å²) in [5.74, 6) is -0.356. The molecule has 4 nitrogen and oxygen atoms in total. The minimum atomic E-state index is -0.251. The van der Waals surface area contributed by atoms with Gasteiger partial charge in [0.1, 0.15) is 5.82 Å². The molecule has 0 aromatic heterocycles. The minimum absolute atomic E-state index is 0.105. The fourth-order valence-corrected chi connectivity index (χ4v) is 1.68. The molecule has 0 fully saturated rings. The lowest BCUT2D eigenvalue weighted by Crippen LogP contribution is -2.38. The Hall–Kier alpha value is -1.46. The van der Waals surface area contributed by atoms with E-state index in [1.54, 1.807) is 30.1 Å². The molecule has 5 heteroatoms. The van der Waals surface area contributed by atoms with Crippen LogP contribution in [0.4, 0.5) is 4.39 Å². The van der Waals surface area contributed by atoms with Crippen LogP contribution in [-0.2, 0) is 4.79 Å². The minimum Gasteiger partial charge on any atom is -0.354 e. The first-order valence-electron chi connectivity index (χ1n) is 5.97. The first-order valence-corrected chi connectivity index (χ1v) is 5.97. The Balaban J connectivity index is 2.59. The summed E-state index contributed by atoms with van der Waals surface area (Å²) in [6.07, 6.45) is 0. The van der Waals surface area contributed by atoms with Crippen molar-refractivity contribution in [3.05, 3.63) is 35.6 Å². The van der Waals surface area contributed by atoms with Gasteiger partial charge in [-0.3, -0.25) is 9.69 Å². The molecule has 1 atom stereocenters. The van der Waals surface area contributed by atoms with Gasteiger partial charge in [-0.1, -0.05) is 18.2 Å². The molecule has 0 heterocycles.